The lowest BCUT2D eigenvalue weighted by atomic mass is 9.91. The summed E-state index contributed by atoms with van der Waals surface area (Å²) in [5, 5.41) is 3.73. The SMILES string of the molecule is CC(C)N1C(=O)N(CC2CCCOC2)CC12CC1CCCNC1C2. The number of urea groups is 1. The molecular formula is C19H33N3O2. The molecule has 4 rings (SSSR count). The fraction of sp³-hybridized carbons (Fsp3) is 0.947. The molecule has 136 valence electrons. The molecule has 1 N–H and O–H groups in total. The Morgan fingerprint density at radius 1 is 1.29 bits per heavy atom. The molecule has 4 aliphatic rings. The molecule has 0 bridgehead atoms. The highest BCUT2D eigenvalue weighted by molar-refractivity contribution is 5.78. The standard InChI is InChI=1S/C19H33N3O2/c1-14(2)22-18(23)21(11-15-5-4-8-24-12-15)13-19(22)9-16-6-3-7-20-17(16)10-19/h14-17,20H,3-13H2,1-2H3. The van der Waals surface area contributed by atoms with Gasteiger partial charge in [-0.1, -0.05) is 0 Å². The molecular weight excluding hydrogens is 302 g/mol. The van der Waals surface area contributed by atoms with Gasteiger partial charge >= 0.3 is 6.03 Å². The number of hydrogen-bond acceptors (Lipinski definition) is 3. The molecule has 4 fully saturated rings. The molecule has 3 aliphatic heterocycles. The summed E-state index contributed by atoms with van der Waals surface area (Å²) >= 11 is 0. The van der Waals surface area contributed by atoms with Crippen LogP contribution in [0.5, 0.6) is 0 Å². The van der Waals surface area contributed by atoms with E-state index in [2.05, 4.69) is 29.0 Å². The molecule has 0 aromatic carbocycles. The maximum atomic E-state index is 13.2. The highest BCUT2D eigenvalue weighted by Gasteiger charge is 2.57. The third-order valence-electron chi connectivity index (χ3n) is 6.69. The van der Waals surface area contributed by atoms with Crippen LogP contribution in [0.25, 0.3) is 0 Å². The van der Waals surface area contributed by atoms with Crippen LogP contribution in [0, 0.1) is 11.8 Å². The lowest BCUT2D eigenvalue weighted by Gasteiger charge is -2.36. The number of carbonyl (C=O) groups is 1. The molecule has 0 aromatic rings. The molecule has 4 unspecified atom stereocenters. The fourth-order valence-electron chi connectivity index (χ4n) is 5.84. The zero-order valence-electron chi connectivity index (χ0n) is 15.3. The van der Waals surface area contributed by atoms with Crippen LogP contribution < -0.4 is 5.32 Å². The topological polar surface area (TPSA) is 44.8 Å². The molecule has 5 heteroatoms. The first-order chi connectivity index (χ1) is 11.6. The van der Waals surface area contributed by atoms with Crippen molar-refractivity contribution >= 4 is 6.03 Å². The molecule has 3 heterocycles. The number of hydrogen-bond donors (Lipinski definition) is 1. The second kappa shape index (κ2) is 6.49. The van der Waals surface area contributed by atoms with E-state index in [1.54, 1.807) is 0 Å². The van der Waals surface area contributed by atoms with Crippen LogP contribution in [-0.4, -0.2) is 66.3 Å². The minimum atomic E-state index is 0.0629. The van der Waals surface area contributed by atoms with Crippen molar-refractivity contribution in [2.45, 2.75) is 70.0 Å². The summed E-state index contributed by atoms with van der Waals surface area (Å²) < 4.78 is 5.63. The average molecular weight is 335 g/mol. The van der Waals surface area contributed by atoms with E-state index >= 15 is 0 Å². The summed E-state index contributed by atoms with van der Waals surface area (Å²) in [5.74, 6) is 1.28. The second-order valence-electron chi connectivity index (χ2n) is 8.81. The predicted octanol–water partition coefficient (Wildman–Crippen LogP) is 2.46. The summed E-state index contributed by atoms with van der Waals surface area (Å²) in [7, 11) is 0. The number of piperidine rings is 1. The summed E-state index contributed by atoms with van der Waals surface area (Å²) in [5.41, 5.74) is 0.0629. The first-order valence-corrected chi connectivity index (χ1v) is 9.98. The Morgan fingerprint density at radius 2 is 2.17 bits per heavy atom. The Kier molecular flexibility index (Phi) is 4.50. The number of amides is 2. The van der Waals surface area contributed by atoms with Crippen molar-refractivity contribution in [1.82, 2.24) is 15.1 Å². The normalized spacial score (nSPS) is 40.0. The second-order valence-corrected chi connectivity index (χ2v) is 8.81. The average Bonchev–Trinajstić information content (AvgIpc) is 3.05. The smallest absolute Gasteiger partial charge is 0.320 e. The van der Waals surface area contributed by atoms with Gasteiger partial charge in [-0.3, -0.25) is 0 Å². The van der Waals surface area contributed by atoms with Crippen molar-refractivity contribution in [3.63, 3.8) is 0 Å². The van der Waals surface area contributed by atoms with Crippen LogP contribution in [0.2, 0.25) is 0 Å². The van der Waals surface area contributed by atoms with Crippen LogP contribution >= 0.6 is 0 Å². The predicted molar refractivity (Wildman–Crippen MR) is 94.0 cm³/mol. The molecule has 3 saturated heterocycles. The highest BCUT2D eigenvalue weighted by Crippen LogP contribution is 2.47. The van der Waals surface area contributed by atoms with Gasteiger partial charge in [0.2, 0.25) is 0 Å². The minimum absolute atomic E-state index is 0.0629. The van der Waals surface area contributed by atoms with E-state index < -0.39 is 0 Å². The fourth-order valence-corrected chi connectivity index (χ4v) is 5.84. The van der Waals surface area contributed by atoms with Gasteiger partial charge in [0.15, 0.2) is 0 Å². The van der Waals surface area contributed by atoms with Gasteiger partial charge in [-0.25, -0.2) is 4.79 Å². The molecule has 1 spiro atoms. The number of nitrogens with one attached hydrogen (secondary N) is 1. The third kappa shape index (κ3) is 2.84. The lowest BCUT2D eigenvalue weighted by molar-refractivity contribution is 0.0445. The van der Waals surface area contributed by atoms with Gasteiger partial charge in [-0.15, -0.1) is 0 Å². The Hall–Kier alpha value is -0.810. The minimum Gasteiger partial charge on any atom is -0.381 e. The van der Waals surface area contributed by atoms with E-state index in [0.717, 1.165) is 51.6 Å². The Balaban J connectivity index is 1.51. The van der Waals surface area contributed by atoms with Gasteiger partial charge in [0.1, 0.15) is 0 Å². The number of fused-ring (bicyclic) bond motifs is 1. The van der Waals surface area contributed by atoms with Gasteiger partial charge in [-0.2, -0.15) is 0 Å². The zero-order chi connectivity index (χ0) is 16.7. The van der Waals surface area contributed by atoms with E-state index in [1.165, 1.54) is 25.7 Å². The van der Waals surface area contributed by atoms with Crippen LogP contribution in [0.4, 0.5) is 4.79 Å². The molecule has 0 aromatic heterocycles. The summed E-state index contributed by atoms with van der Waals surface area (Å²) in [4.78, 5) is 17.6. The van der Waals surface area contributed by atoms with Crippen molar-refractivity contribution in [1.29, 1.82) is 0 Å². The Bertz CT molecular complexity index is 461. The van der Waals surface area contributed by atoms with Gasteiger partial charge in [-0.05, 0) is 64.8 Å². The zero-order valence-corrected chi connectivity index (χ0v) is 15.3. The van der Waals surface area contributed by atoms with Crippen LogP contribution in [-0.2, 0) is 4.74 Å². The van der Waals surface area contributed by atoms with Crippen molar-refractivity contribution in [3.8, 4) is 0 Å². The number of ether oxygens (including phenoxy) is 1. The quantitative estimate of drug-likeness (QED) is 0.862. The molecule has 1 aliphatic carbocycles. The Morgan fingerprint density at radius 3 is 2.88 bits per heavy atom. The van der Waals surface area contributed by atoms with E-state index in [4.69, 9.17) is 4.74 Å². The van der Waals surface area contributed by atoms with E-state index in [-0.39, 0.29) is 17.6 Å². The first-order valence-electron chi connectivity index (χ1n) is 9.98. The maximum Gasteiger partial charge on any atom is 0.320 e. The van der Waals surface area contributed by atoms with Gasteiger partial charge in [0.25, 0.3) is 0 Å². The summed E-state index contributed by atoms with van der Waals surface area (Å²) in [6.07, 6.45) is 7.28. The number of nitrogens with zero attached hydrogens (tertiary/aromatic N) is 2. The van der Waals surface area contributed by atoms with Crippen molar-refractivity contribution in [2.75, 3.05) is 32.8 Å². The van der Waals surface area contributed by atoms with Gasteiger partial charge in [0.05, 0.1) is 12.1 Å². The van der Waals surface area contributed by atoms with E-state index in [9.17, 15) is 4.79 Å². The monoisotopic (exact) mass is 335 g/mol. The number of rotatable bonds is 3. The summed E-state index contributed by atoms with van der Waals surface area (Å²) in [6, 6.07) is 1.17. The molecule has 5 nitrogen and oxygen atoms in total. The molecule has 2 amide bonds. The van der Waals surface area contributed by atoms with Crippen LogP contribution in [0.15, 0.2) is 0 Å². The lowest BCUT2D eigenvalue weighted by Crippen LogP contribution is -2.49. The summed E-state index contributed by atoms with van der Waals surface area (Å²) in [6.45, 7) is 9.04. The van der Waals surface area contributed by atoms with Crippen LogP contribution in [0.1, 0.15) is 52.4 Å². The third-order valence-corrected chi connectivity index (χ3v) is 6.69. The van der Waals surface area contributed by atoms with Gasteiger partial charge < -0.3 is 19.9 Å². The molecule has 24 heavy (non-hydrogen) atoms. The van der Waals surface area contributed by atoms with E-state index in [1.807, 2.05) is 0 Å². The molecule has 1 saturated carbocycles. The van der Waals surface area contributed by atoms with Gasteiger partial charge in [0, 0.05) is 37.7 Å². The Labute approximate surface area is 146 Å². The number of carbonyl (C=O) groups excluding carboxylic acids is 1. The molecule has 0 radical (unpaired) electrons. The molecule has 4 atom stereocenters. The highest BCUT2D eigenvalue weighted by atomic mass is 16.5. The largest absolute Gasteiger partial charge is 0.381 e. The first kappa shape index (κ1) is 16.6. The van der Waals surface area contributed by atoms with Crippen molar-refractivity contribution in [3.05, 3.63) is 0 Å². The van der Waals surface area contributed by atoms with Crippen molar-refractivity contribution in [2.24, 2.45) is 11.8 Å². The van der Waals surface area contributed by atoms with Crippen LogP contribution in [0.3, 0.4) is 0 Å². The van der Waals surface area contributed by atoms with E-state index in [0.29, 0.717) is 12.0 Å². The maximum absolute atomic E-state index is 13.2. The van der Waals surface area contributed by atoms with Crippen molar-refractivity contribution < 1.29 is 9.53 Å².